The average molecular weight is 255 g/mol. The lowest BCUT2D eigenvalue weighted by Gasteiger charge is -2.39. The molecule has 0 bridgehead atoms. The van der Waals surface area contributed by atoms with Gasteiger partial charge >= 0.3 is 0 Å². The van der Waals surface area contributed by atoms with E-state index < -0.39 is 0 Å². The fourth-order valence-electron chi connectivity index (χ4n) is 4.32. The van der Waals surface area contributed by atoms with Crippen molar-refractivity contribution in [3.8, 4) is 5.75 Å². The molecule has 1 saturated carbocycles. The van der Waals surface area contributed by atoms with E-state index in [-0.39, 0.29) is 5.54 Å². The van der Waals surface area contributed by atoms with Gasteiger partial charge in [0.05, 0.1) is 12.6 Å². The summed E-state index contributed by atoms with van der Waals surface area (Å²) in [6.07, 6.45) is 9.24. The molecule has 0 radical (unpaired) electrons. The van der Waals surface area contributed by atoms with Gasteiger partial charge in [-0.05, 0) is 55.4 Å². The van der Waals surface area contributed by atoms with E-state index in [2.05, 4.69) is 23.5 Å². The van der Waals surface area contributed by atoms with E-state index in [1.165, 1.54) is 56.2 Å². The maximum atomic E-state index is 5.39. The monoisotopic (exact) mass is 255 g/mol. The summed E-state index contributed by atoms with van der Waals surface area (Å²) in [5.74, 6) is 0.960. The Morgan fingerprint density at radius 1 is 1.11 bits per heavy atom. The second kappa shape index (κ2) is 4.03. The molecule has 0 atom stereocenters. The van der Waals surface area contributed by atoms with Crippen LogP contribution in [-0.4, -0.2) is 12.6 Å². The highest BCUT2D eigenvalue weighted by Crippen LogP contribution is 2.53. The Hall–Kier alpha value is -1.44. The summed E-state index contributed by atoms with van der Waals surface area (Å²) in [4.78, 5) is 0. The minimum atomic E-state index is 0.283. The summed E-state index contributed by atoms with van der Waals surface area (Å²) in [5.41, 5.74) is 6.36. The zero-order valence-corrected chi connectivity index (χ0v) is 11.6. The molecular weight excluding hydrogens is 234 g/mol. The minimum absolute atomic E-state index is 0.283. The van der Waals surface area contributed by atoms with Crippen molar-refractivity contribution in [3.05, 3.63) is 29.3 Å². The van der Waals surface area contributed by atoms with E-state index in [0.717, 1.165) is 5.75 Å². The van der Waals surface area contributed by atoms with Crippen LogP contribution in [0, 0.1) is 0 Å². The lowest BCUT2D eigenvalue weighted by atomic mass is 9.80. The van der Waals surface area contributed by atoms with Crippen LogP contribution in [0.4, 0.5) is 5.69 Å². The number of allylic oxidation sites excluding steroid dienone is 1. The molecule has 1 fully saturated rings. The molecule has 0 unspecified atom stereocenters. The van der Waals surface area contributed by atoms with Crippen molar-refractivity contribution in [3.63, 3.8) is 0 Å². The normalized spacial score (nSPS) is 23.2. The van der Waals surface area contributed by atoms with E-state index in [0.29, 0.717) is 0 Å². The van der Waals surface area contributed by atoms with Gasteiger partial charge in [-0.3, -0.25) is 0 Å². The summed E-state index contributed by atoms with van der Waals surface area (Å²) in [6.45, 7) is 0. The van der Waals surface area contributed by atoms with Gasteiger partial charge in [-0.1, -0.05) is 12.8 Å². The van der Waals surface area contributed by atoms with Gasteiger partial charge in [-0.25, -0.2) is 0 Å². The van der Waals surface area contributed by atoms with Gasteiger partial charge in [0.25, 0.3) is 0 Å². The van der Waals surface area contributed by atoms with Gasteiger partial charge < -0.3 is 10.1 Å². The molecule has 1 spiro atoms. The van der Waals surface area contributed by atoms with Gasteiger partial charge in [-0.15, -0.1) is 0 Å². The third-order valence-electron chi connectivity index (χ3n) is 5.18. The maximum Gasteiger partial charge on any atom is 0.120 e. The first-order valence-corrected chi connectivity index (χ1v) is 7.51. The van der Waals surface area contributed by atoms with Crippen molar-refractivity contribution in [2.45, 2.75) is 50.5 Å². The zero-order chi connectivity index (χ0) is 12.9. The summed E-state index contributed by atoms with van der Waals surface area (Å²) in [7, 11) is 1.75. The number of methoxy groups -OCH3 is 1. The number of hydrogen-bond acceptors (Lipinski definition) is 2. The lowest BCUT2D eigenvalue weighted by molar-refractivity contribution is 0.414. The van der Waals surface area contributed by atoms with Gasteiger partial charge in [0, 0.05) is 17.3 Å². The van der Waals surface area contributed by atoms with Crippen LogP contribution >= 0.6 is 0 Å². The van der Waals surface area contributed by atoms with Crippen LogP contribution in [-0.2, 0) is 0 Å². The summed E-state index contributed by atoms with van der Waals surface area (Å²) < 4.78 is 5.39. The van der Waals surface area contributed by atoms with Gasteiger partial charge in [0.15, 0.2) is 0 Å². The fourth-order valence-corrected chi connectivity index (χ4v) is 4.32. The maximum absolute atomic E-state index is 5.39. The summed E-state index contributed by atoms with van der Waals surface area (Å²) in [5, 5.41) is 3.88. The highest BCUT2D eigenvalue weighted by molar-refractivity contribution is 5.86. The van der Waals surface area contributed by atoms with E-state index in [4.69, 9.17) is 4.74 Å². The van der Waals surface area contributed by atoms with Crippen molar-refractivity contribution < 1.29 is 4.74 Å². The molecule has 2 nitrogen and oxygen atoms in total. The number of nitrogens with one attached hydrogen (secondary N) is 1. The predicted molar refractivity (Wildman–Crippen MR) is 78.6 cm³/mol. The zero-order valence-electron chi connectivity index (χ0n) is 11.6. The first kappa shape index (κ1) is 11.4. The second-order valence-electron chi connectivity index (χ2n) is 6.14. The number of rotatable bonds is 1. The van der Waals surface area contributed by atoms with E-state index in [1.54, 1.807) is 18.3 Å². The van der Waals surface area contributed by atoms with Crippen molar-refractivity contribution in [2.24, 2.45) is 0 Å². The molecule has 1 heterocycles. The summed E-state index contributed by atoms with van der Waals surface area (Å²) in [6, 6.07) is 6.51. The van der Waals surface area contributed by atoms with Gasteiger partial charge in [0.2, 0.25) is 0 Å². The highest BCUT2D eigenvalue weighted by Gasteiger charge is 2.43. The number of anilines is 1. The summed E-state index contributed by atoms with van der Waals surface area (Å²) >= 11 is 0. The molecule has 0 saturated heterocycles. The lowest BCUT2D eigenvalue weighted by Crippen LogP contribution is -2.39. The topological polar surface area (TPSA) is 21.3 Å². The predicted octanol–water partition coefficient (Wildman–Crippen LogP) is 4.37. The highest BCUT2D eigenvalue weighted by atomic mass is 16.5. The van der Waals surface area contributed by atoms with Crippen molar-refractivity contribution in [1.29, 1.82) is 0 Å². The van der Waals surface area contributed by atoms with Crippen molar-refractivity contribution in [2.75, 3.05) is 12.4 Å². The Morgan fingerprint density at radius 3 is 2.74 bits per heavy atom. The Morgan fingerprint density at radius 2 is 1.95 bits per heavy atom. The Kier molecular flexibility index (Phi) is 2.41. The quantitative estimate of drug-likeness (QED) is 0.804. The first-order valence-electron chi connectivity index (χ1n) is 7.51. The molecular formula is C17H21NO. The molecule has 4 rings (SSSR count). The smallest absolute Gasteiger partial charge is 0.120 e. The van der Waals surface area contributed by atoms with Crippen LogP contribution in [0.15, 0.2) is 23.8 Å². The molecule has 100 valence electrons. The van der Waals surface area contributed by atoms with Gasteiger partial charge in [-0.2, -0.15) is 0 Å². The molecule has 1 aromatic carbocycles. The molecule has 0 aromatic heterocycles. The van der Waals surface area contributed by atoms with Crippen LogP contribution in [0.25, 0.3) is 5.57 Å². The number of hydrogen-bond donors (Lipinski definition) is 1. The van der Waals surface area contributed by atoms with Crippen LogP contribution in [0.5, 0.6) is 5.75 Å². The van der Waals surface area contributed by atoms with Gasteiger partial charge in [0.1, 0.15) is 5.75 Å². The van der Waals surface area contributed by atoms with E-state index in [9.17, 15) is 0 Å². The largest absolute Gasteiger partial charge is 0.497 e. The van der Waals surface area contributed by atoms with Crippen LogP contribution in [0.2, 0.25) is 0 Å². The number of fused-ring (bicyclic) bond motifs is 3. The first-order chi connectivity index (χ1) is 9.32. The Bertz CT molecular complexity index is 552. The third-order valence-corrected chi connectivity index (χ3v) is 5.18. The van der Waals surface area contributed by atoms with E-state index >= 15 is 0 Å². The Labute approximate surface area is 114 Å². The molecule has 1 N–H and O–H groups in total. The molecule has 19 heavy (non-hydrogen) atoms. The molecule has 2 heteroatoms. The molecule has 3 aliphatic rings. The molecule has 1 aliphatic heterocycles. The van der Waals surface area contributed by atoms with E-state index in [1.807, 2.05) is 0 Å². The Balaban J connectivity index is 1.87. The molecule has 1 aromatic rings. The third kappa shape index (κ3) is 1.55. The number of benzene rings is 1. The minimum Gasteiger partial charge on any atom is -0.497 e. The fraction of sp³-hybridized carbons (Fsp3) is 0.529. The van der Waals surface area contributed by atoms with Crippen LogP contribution in [0.1, 0.15) is 50.5 Å². The van der Waals surface area contributed by atoms with Crippen molar-refractivity contribution in [1.82, 2.24) is 0 Å². The van der Waals surface area contributed by atoms with Crippen LogP contribution < -0.4 is 10.1 Å². The second-order valence-corrected chi connectivity index (χ2v) is 6.14. The van der Waals surface area contributed by atoms with Crippen molar-refractivity contribution >= 4 is 11.3 Å². The number of ether oxygens (including phenoxy) is 1. The average Bonchev–Trinajstić information content (AvgIpc) is 3.08. The van der Waals surface area contributed by atoms with Crippen LogP contribution in [0.3, 0.4) is 0 Å². The standard InChI is InChI=1S/C17H21NO/c1-19-12-7-8-14-13-5-4-6-15(13)17(9-2-3-10-17)18-16(14)11-12/h7-8,11,18H,2-6,9-10H2,1H3. The molecule has 0 amide bonds. The SMILES string of the molecule is COc1ccc2c(c1)NC1(CCCC1)C1=C2CCC1. The molecule has 2 aliphatic carbocycles.